The normalized spacial score (nSPS) is 15.4. The number of hydrogen-bond donors (Lipinski definition) is 0. The van der Waals surface area contributed by atoms with Crippen LogP contribution in [0.25, 0.3) is 5.65 Å². The Bertz CT molecular complexity index is 1160. The predicted molar refractivity (Wildman–Crippen MR) is 112 cm³/mol. The van der Waals surface area contributed by atoms with E-state index < -0.39 is 22.4 Å². The summed E-state index contributed by atoms with van der Waals surface area (Å²) in [5.41, 5.74) is -1.01. The second-order valence-electron chi connectivity index (χ2n) is 8.67. The van der Waals surface area contributed by atoms with Gasteiger partial charge < -0.3 is 9.80 Å². The highest BCUT2D eigenvalue weighted by Crippen LogP contribution is 2.37. The minimum atomic E-state index is -4.64. The van der Waals surface area contributed by atoms with Gasteiger partial charge in [0.05, 0.1) is 10.5 Å². The van der Waals surface area contributed by atoms with Crippen LogP contribution >= 0.6 is 0 Å². The molecule has 170 valence electrons. The lowest BCUT2D eigenvalue weighted by Crippen LogP contribution is -2.47. The molecular formula is C20H22F3N7O2. The first-order chi connectivity index (χ1) is 14.9. The maximum absolute atomic E-state index is 13.0. The number of nitro groups is 1. The van der Waals surface area contributed by atoms with Gasteiger partial charge in [0.2, 0.25) is 0 Å². The van der Waals surface area contributed by atoms with E-state index in [2.05, 4.69) is 15.3 Å². The lowest BCUT2D eigenvalue weighted by Gasteiger charge is -2.36. The molecule has 3 aromatic rings. The molecule has 1 fully saturated rings. The van der Waals surface area contributed by atoms with Crippen LogP contribution < -0.4 is 9.80 Å². The Hall–Kier alpha value is -3.44. The molecule has 0 unspecified atom stereocenters. The van der Waals surface area contributed by atoms with Crippen LogP contribution in [-0.4, -0.2) is 50.9 Å². The first kappa shape index (κ1) is 21.8. The van der Waals surface area contributed by atoms with Gasteiger partial charge in [0.15, 0.2) is 11.5 Å². The standard InChI is InChI=1S/C20H22F3N7O2/c1-19(2,3)18-25-24-16-6-7-17(26-29(16)18)28-10-8-27(9-11-28)14-5-4-13(20(21,22)23)12-15(14)30(31)32/h4-7,12H,8-11H2,1-3H3. The molecule has 0 atom stereocenters. The van der Waals surface area contributed by atoms with Gasteiger partial charge in [-0.25, -0.2) is 0 Å². The monoisotopic (exact) mass is 449 g/mol. The molecule has 9 nitrogen and oxygen atoms in total. The lowest BCUT2D eigenvalue weighted by molar-refractivity contribution is -0.384. The van der Waals surface area contributed by atoms with Crippen LogP contribution in [0.15, 0.2) is 30.3 Å². The SMILES string of the molecule is CC(C)(C)c1nnc2ccc(N3CCN(c4ccc(C(F)(F)F)cc4[N+](=O)[O-])CC3)nn12. The summed E-state index contributed by atoms with van der Waals surface area (Å²) in [4.78, 5) is 14.4. The van der Waals surface area contributed by atoms with Crippen LogP contribution in [0.3, 0.4) is 0 Å². The number of hydrogen-bond acceptors (Lipinski definition) is 7. The zero-order valence-corrected chi connectivity index (χ0v) is 17.8. The number of rotatable bonds is 3. The average Bonchev–Trinajstić information content (AvgIpc) is 3.16. The van der Waals surface area contributed by atoms with Crippen molar-refractivity contribution in [1.29, 1.82) is 0 Å². The van der Waals surface area contributed by atoms with Crippen LogP contribution in [0.5, 0.6) is 0 Å². The molecule has 1 aromatic carbocycles. The van der Waals surface area contributed by atoms with Crippen molar-refractivity contribution in [2.75, 3.05) is 36.0 Å². The zero-order valence-electron chi connectivity index (χ0n) is 17.8. The smallest absolute Gasteiger partial charge is 0.362 e. The van der Waals surface area contributed by atoms with Gasteiger partial charge in [-0.2, -0.15) is 17.7 Å². The maximum Gasteiger partial charge on any atom is 0.416 e. The number of benzene rings is 1. The van der Waals surface area contributed by atoms with Gasteiger partial charge >= 0.3 is 6.18 Å². The second-order valence-corrected chi connectivity index (χ2v) is 8.67. The van der Waals surface area contributed by atoms with Crippen molar-refractivity contribution in [3.63, 3.8) is 0 Å². The van der Waals surface area contributed by atoms with E-state index in [4.69, 9.17) is 0 Å². The van der Waals surface area contributed by atoms with E-state index in [0.29, 0.717) is 43.7 Å². The van der Waals surface area contributed by atoms with E-state index >= 15 is 0 Å². The molecule has 3 heterocycles. The Morgan fingerprint density at radius 2 is 1.62 bits per heavy atom. The van der Waals surface area contributed by atoms with E-state index in [1.54, 1.807) is 9.42 Å². The first-order valence-electron chi connectivity index (χ1n) is 10.0. The van der Waals surface area contributed by atoms with Crippen molar-refractivity contribution in [2.24, 2.45) is 0 Å². The van der Waals surface area contributed by atoms with E-state index in [1.165, 1.54) is 6.07 Å². The Balaban J connectivity index is 1.55. The van der Waals surface area contributed by atoms with Gasteiger partial charge in [-0.3, -0.25) is 10.1 Å². The highest BCUT2D eigenvalue weighted by molar-refractivity contribution is 5.65. The summed E-state index contributed by atoms with van der Waals surface area (Å²) < 4.78 is 40.6. The van der Waals surface area contributed by atoms with E-state index in [-0.39, 0.29) is 11.1 Å². The van der Waals surface area contributed by atoms with Crippen molar-refractivity contribution in [2.45, 2.75) is 32.4 Å². The fourth-order valence-corrected chi connectivity index (χ4v) is 3.71. The fraction of sp³-hybridized carbons (Fsp3) is 0.450. The second kappa shape index (κ2) is 7.61. The topological polar surface area (TPSA) is 92.7 Å². The number of halogens is 3. The Kier molecular flexibility index (Phi) is 5.18. The number of nitrogens with zero attached hydrogens (tertiary/aromatic N) is 7. The van der Waals surface area contributed by atoms with Gasteiger partial charge in [0.1, 0.15) is 11.5 Å². The number of fused-ring (bicyclic) bond motifs is 1. The largest absolute Gasteiger partial charge is 0.416 e. The van der Waals surface area contributed by atoms with Gasteiger partial charge in [-0.15, -0.1) is 15.3 Å². The molecular weight excluding hydrogens is 427 g/mol. The summed E-state index contributed by atoms with van der Waals surface area (Å²) in [7, 11) is 0. The van der Waals surface area contributed by atoms with E-state index in [9.17, 15) is 23.3 Å². The average molecular weight is 449 g/mol. The minimum absolute atomic E-state index is 0.180. The molecule has 0 bridgehead atoms. The molecule has 0 saturated carbocycles. The molecule has 12 heteroatoms. The van der Waals surface area contributed by atoms with Crippen LogP contribution in [0, 0.1) is 10.1 Å². The molecule has 1 aliphatic heterocycles. The molecule has 32 heavy (non-hydrogen) atoms. The predicted octanol–water partition coefficient (Wildman–Crippen LogP) is 3.68. The molecule has 1 aliphatic rings. The van der Waals surface area contributed by atoms with Crippen LogP contribution in [0.2, 0.25) is 0 Å². The quantitative estimate of drug-likeness (QED) is 0.445. The fourth-order valence-electron chi connectivity index (χ4n) is 3.71. The third-order valence-corrected chi connectivity index (χ3v) is 5.36. The third kappa shape index (κ3) is 4.04. The summed E-state index contributed by atoms with van der Waals surface area (Å²) in [6.45, 7) is 7.88. The number of nitro benzene ring substituents is 1. The van der Waals surface area contributed by atoms with E-state index in [0.717, 1.165) is 11.9 Å². The number of alkyl halides is 3. The molecule has 4 rings (SSSR count). The van der Waals surface area contributed by atoms with Gasteiger partial charge in [0.25, 0.3) is 5.69 Å². The molecule has 0 N–H and O–H groups in total. The molecule has 0 aliphatic carbocycles. The molecule has 2 aromatic heterocycles. The van der Waals surface area contributed by atoms with Crippen LogP contribution in [0.4, 0.5) is 30.4 Å². The van der Waals surface area contributed by atoms with Crippen LogP contribution in [-0.2, 0) is 11.6 Å². The van der Waals surface area contributed by atoms with Crippen LogP contribution in [0.1, 0.15) is 32.2 Å². The highest BCUT2D eigenvalue weighted by atomic mass is 19.4. The first-order valence-corrected chi connectivity index (χ1v) is 10.0. The third-order valence-electron chi connectivity index (χ3n) is 5.36. The highest BCUT2D eigenvalue weighted by Gasteiger charge is 2.34. The lowest BCUT2D eigenvalue weighted by atomic mass is 9.96. The Labute approximate surface area is 181 Å². The Morgan fingerprint density at radius 1 is 0.969 bits per heavy atom. The zero-order chi connectivity index (χ0) is 23.3. The number of piperazine rings is 1. The summed E-state index contributed by atoms with van der Waals surface area (Å²) in [6, 6.07) is 6.32. The van der Waals surface area contributed by atoms with Crippen molar-refractivity contribution in [3.8, 4) is 0 Å². The molecule has 0 amide bonds. The van der Waals surface area contributed by atoms with Gasteiger partial charge in [-0.05, 0) is 24.3 Å². The van der Waals surface area contributed by atoms with Gasteiger partial charge in [-0.1, -0.05) is 20.8 Å². The molecule has 0 spiro atoms. The summed E-state index contributed by atoms with van der Waals surface area (Å²) >= 11 is 0. The summed E-state index contributed by atoms with van der Waals surface area (Å²) in [5.74, 6) is 1.44. The number of anilines is 2. The van der Waals surface area contributed by atoms with Crippen molar-refractivity contribution >= 4 is 22.8 Å². The van der Waals surface area contributed by atoms with Crippen molar-refractivity contribution in [3.05, 3.63) is 51.8 Å². The molecule has 0 radical (unpaired) electrons. The number of aromatic nitrogens is 4. The van der Waals surface area contributed by atoms with E-state index in [1.807, 2.05) is 37.8 Å². The molecule has 1 saturated heterocycles. The van der Waals surface area contributed by atoms with Crippen molar-refractivity contribution in [1.82, 2.24) is 19.8 Å². The maximum atomic E-state index is 13.0. The summed E-state index contributed by atoms with van der Waals surface area (Å²) in [6.07, 6.45) is -4.64. The van der Waals surface area contributed by atoms with Crippen molar-refractivity contribution < 1.29 is 18.1 Å². The Morgan fingerprint density at radius 3 is 2.22 bits per heavy atom. The minimum Gasteiger partial charge on any atom is -0.362 e. The van der Waals surface area contributed by atoms with Gasteiger partial charge in [0, 0.05) is 37.7 Å². The summed E-state index contributed by atoms with van der Waals surface area (Å²) in [5, 5.41) is 24.5.